The first kappa shape index (κ1) is 16.6. The lowest BCUT2D eigenvalue weighted by Gasteiger charge is -2.18. The Bertz CT molecular complexity index is 929. The van der Waals surface area contributed by atoms with Gasteiger partial charge in [-0.15, -0.1) is 10.2 Å². The van der Waals surface area contributed by atoms with Gasteiger partial charge in [0.05, 0.1) is 23.4 Å². The Morgan fingerprint density at radius 1 is 1.23 bits per heavy atom. The lowest BCUT2D eigenvalue weighted by atomic mass is 10.2. The Hall–Kier alpha value is -2.86. The van der Waals surface area contributed by atoms with E-state index < -0.39 is 0 Å². The number of hydrogen-bond donors (Lipinski definition) is 0. The van der Waals surface area contributed by atoms with Crippen LogP contribution in [-0.4, -0.2) is 27.0 Å². The predicted molar refractivity (Wildman–Crippen MR) is 96.1 cm³/mol. The maximum atomic E-state index is 12.5. The number of nitrogens with zero attached hydrogens (tertiary/aromatic N) is 3. The van der Waals surface area contributed by atoms with E-state index in [-0.39, 0.29) is 18.5 Å². The van der Waals surface area contributed by atoms with Crippen molar-refractivity contribution in [3.63, 3.8) is 0 Å². The van der Waals surface area contributed by atoms with Crippen LogP contribution in [0.25, 0.3) is 17.5 Å². The van der Waals surface area contributed by atoms with Crippen LogP contribution in [0.4, 0.5) is 0 Å². The van der Waals surface area contributed by atoms with Crippen LogP contribution in [0.3, 0.4) is 0 Å². The molecule has 0 N–H and O–H groups in total. The normalized spacial score (nSPS) is 14.0. The highest BCUT2D eigenvalue weighted by Gasteiger charge is 2.32. The van der Waals surface area contributed by atoms with Gasteiger partial charge in [0.25, 0.3) is 0 Å². The number of carbonyl (C=O) groups is 1. The average Bonchev–Trinajstić information content (AvgIpc) is 3.16. The van der Waals surface area contributed by atoms with Gasteiger partial charge in [-0.3, -0.25) is 4.79 Å². The zero-order valence-corrected chi connectivity index (χ0v) is 14.6. The maximum Gasteiger partial charge on any atom is 0.249 e. The molecule has 0 spiro atoms. The van der Waals surface area contributed by atoms with E-state index in [9.17, 15) is 4.79 Å². The van der Waals surface area contributed by atoms with Crippen molar-refractivity contribution < 1.29 is 13.6 Å². The van der Waals surface area contributed by atoms with E-state index in [4.69, 9.17) is 20.4 Å². The molecule has 6 nitrogen and oxygen atoms in total. The molecule has 0 aliphatic heterocycles. The van der Waals surface area contributed by atoms with Crippen LogP contribution in [0.2, 0.25) is 5.02 Å². The Morgan fingerprint density at radius 3 is 2.81 bits per heavy atom. The Balaban J connectivity index is 1.49. The van der Waals surface area contributed by atoms with E-state index in [1.54, 1.807) is 35.4 Å². The summed E-state index contributed by atoms with van der Waals surface area (Å²) in [6.45, 7) is 0.267. The molecule has 0 saturated heterocycles. The molecule has 1 aromatic carbocycles. The van der Waals surface area contributed by atoms with Crippen molar-refractivity contribution in [1.29, 1.82) is 0 Å². The predicted octanol–water partition coefficient (Wildman–Crippen LogP) is 4.19. The van der Waals surface area contributed by atoms with Gasteiger partial charge >= 0.3 is 0 Å². The summed E-state index contributed by atoms with van der Waals surface area (Å²) in [4.78, 5) is 14.3. The van der Waals surface area contributed by atoms with Crippen LogP contribution in [0.5, 0.6) is 0 Å². The summed E-state index contributed by atoms with van der Waals surface area (Å²) in [5, 5.41) is 8.66. The molecular weight excluding hydrogens is 354 g/mol. The van der Waals surface area contributed by atoms with Crippen LogP contribution in [0, 0.1) is 0 Å². The fourth-order valence-electron chi connectivity index (χ4n) is 2.62. The van der Waals surface area contributed by atoms with Crippen LogP contribution < -0.4 is 0 Å². The molecule has 0 bridgehead atoms. The van der Waals surface area contributed by atoms with Crippen molar-refractivity contribution in [3.8, 4) is 11.5 Å². The van der Waals surface area contributed by atoms with Gasteiger partial charge in [0, 0.05) is 12.1 Å². The zero-order valence-electron chi connectivity index (χ0n) is 13.8. The van der Waals surface area contributed by atoms with E-state index in [0.717, 1.165) is 12.8 Å². The standard InChI is InChI=1S/C19H16ClN3O3/c20-16-6-2-1-5-15(16)19-22-21-17(26-19)12-23(13-7-8-13)18(24)10-9-14-4-3-11-25-14/h1-6,9-11,13H,7-8,12H2/b10-9+. The monoisotopic (exact) mass is 369 g/mol. The Morgan fingerprint density at radius 2 is 2.08 bits per heavy atom. The second-order valence-electron chi connectivity index (χ2n) is 6.03. The molecule has 26 heavy (non-hydrogen) atoms. The third-order valence-electron chi connectivity index (χ3n) is 4.08. The smallest absolute Gasteiger partial charge is 0.249 e. The van der Waals surface area contributed by atoms with Crippen molar-refractivity contribution in [2.75, 3.05) is 0 Å². The molecule has 7 heteroatoms. The Kier molecular flexibility index (Phi) is 4.58. The number of carbonyl (C=O) groups excluding carboxylic acids is 1. The average molecular weight is 370 g/mol. The van der Waals surface area contributed by atoms with Gasteiger partial charge in [-0.2, -0.15) is 0 Å². The summed E-state index contributed by atoms with van der Waals surface area (Å²) in [5.74, 6) is 1.25. The lowest BCUT2D eigenvalue weighted by Crippen LogP contribution is -2.31. The van der Waals surface area contributed by atoms with Gasteiger partial charge in [0.15, 0.2) is 0 Å². The number of aromatic nitrogens is 2. The topological polar surface area (TPSA) is 72.4 Å². The molecule has 3 aromatic rings. The molecule has 4 rings (SSSR count). The van der Waals surface area contributed by atoms with Gasteiger partial charge in [-0.1, -0.05) is 23.7 Å². The van der Waals surface area contributed by atoms with Crippen molar-refractivity contribution in [3.05, 3.63) is 65.4 Å². The van der Waals surface area contributed by atoms with Crippen LogP contribution in [0.15, 0.2) is 57.6 Å². The third-order valence-corrected chi connectivity index (χ3v) is 4.41. The van der Waals surface area contributed by atoms with Crippen molar-refractivity contribution in [1.82, 2.24) is 15.1 Å². The molecule has 0 radical (unpaired) electrons. The first-order valence-electron chi connectivity index (χ1n) is 8.30. The number of rotatable bonds is 6. The lowest BCUT2D eigenvalue weighted by molar-refractivity contribution is -0.127. The van der Waals surface area contributed by atoms with Crippen molar-refractivity contribution >= 4 is 23.6 Å². The number of hydrogen-bond acceptors (Lipinski definition) is 5. The van der Waals surface area contributed by atoms with E-state index in [1.165, 1.54) is 6.08 Å². The van der Waals surface area contributed by atoms with Gasteiger partial charge in [0.2, 0.25) is 17.7 Å². The number of halogens is 1. The minimum Gasteiger partial charge on any atom is -0.465 e. The summed E-state index contributed by atoms with van der Waals surface area (Å²) >= 11 is 6.16. The zero-order chi connectivity index (χ0) is 17.9. The highest BCUT2D eigenvalue weighted by Crippen LogP contribution is 2.30. The highest BCUT2D eigenvalue weighted by molar-refractivity contribution is 6.33. The summed E-state index contributed by atoms with van der Waals surface area (Å²) < 4.78 is 10.9. The molecule has 2 heterocycles. The fraction of sp³-hybridized carbons (Fsp3) is 0.211. The Labute approximate surface area is 155 Å². The third kappa shape index (κ3) is 3.70. The first-order valence-corrected chi connectivity index (χ1v) is 8.68. The summed E-state index contributed by atoms with van der Waals surface area (Å²) in [7, 11) is 0. The van der Waals surface area contributed by atoms with Gasteiger partial charge in [-0.05, 0) is 43.2 Å². The van der Waals surface area contributed by atoms with Crippen LogP contribution >= 0.6 is 11.6 Å². The molecule has 0 unspecified atom stereocenters. The molecule has 0 atom stereocenters. The molecule has 1 fully saturated rings. The van der Waals surface area contributed by atoms with Gasteiger partial charge < -0.3 is 13.7 Å². The van der Waals surface area contributed by atoms with Crippen LogP contribution in [-0.2, 0) is 11.3 Å². The van der Waals surface area contributed by atoms with E-state index in [1.807, 2.05) is 18.2 Å². The summed E-state index contributed by atoms with van der Waals surface area (Å²) in [6.07, 6.45) is 6.68. The van der Waals surface area contributed by atoms with E-state index in [0.29, 0.717) is 28.1 Å². The quantitative estimate of drug-likeness (QED) is 0.609. The molecular formula is C19H16ClN3O3. The minimum atomic E-state index is -0.110. The minimum absolute atomic E-state index is 0.110. The van der Waals surface area contributed by atoms with E-state index >= 15 is 0 Å². The van der Waals surface area contributed by atoms with Gasteiger partial charge in [0.1, 0.15) is 5.76 Å². The first-order chi connectivity index (χ1) is 12.7. The van der Waals surface area contributed by atoms with Crippen molar-refractivity contribution in [2.45, 2.75) is 25.4 Å². The number of furan rings is 1. The summed E-state index contributed by atoms with van der Waals surface area (Å²) in [6, 6.07) is 11.0. The molecule has 1 saturated carbocycles. The summed E-state index contributed by atoms with van der Waals surface area (Å²) in [5.41, 5.74) is 0.676. The number of amides is 1. The number of benzene rings is 1. The molecule has 1 aliphatic carbocycles. The molecule has 2 aromatic heterocycles. The maximum absolute atomic E-state index is 12.5. The largest absolute Gasteiger partial charge is 0.465 e. The fourth-order valence-corrected chi connectivity index (χ4v) is 2.83. The molecule has 1 amide bonds. The van der Waals surface area contributed by atoms with E-state index in [2.05, 4.69) is 10.2 Å². The molecule has 1 aliphatic rings. The SMILES string of the molecule is O=C(/C=C/c1ccco1)N(Cc1nnc(-c2ccccc2Cl)o1)C1CC1. The van der Waals surface area contributed by atoms with Gasteiger partial charge in [-0.25, -0.2) is 0 Å². The second kappa shape index (κ2) is 7.17. The molecule has 132 valence electrons. The van der Waals surface area contributed by atoms with Crippen molar-refractivity contribution in [2.24, 2.45) is 0 Å². The highest BCUT2D eigenvalue weighted by atomic mass is 35.5. The van der Waals surface area contributed by atoms with Crippen LogP contribution in [0.1, 0.15) is 24.5 Å². The second-order valence-corrected chi connectivity index (χ2v) is 6.43.